The molecule has 4 heteroatoms. The van der Waals surface area contributed by atoms with Crippen LogP contribution in [0.1, 0.15) is 5.56 Å². The molecular weight excluding hydrogens is 281 g/mol. The van der Waals surface area contributed by atoms with Crippen LogP contribution in [0, 0.1) is 3.57 Å². The molecule has 70 valence electrons. The highest BCUT2D eigenvalue weighted by molar-refractivity contribution is 14.1. The zero-order valence-corrected chi connectivity index (χ0v) is 9.37. The van der Waals surface area contributed by atoms with Gasteiger partial charge in [-0.05, 0) is 34.2 Å². The van der Waals surface area contributed by atoms with Crippen LogP contribution >= 0.6 is 22.6 Å². The van der Waals surface area contributed by atoms with Crippen molar-refractivity contribution in [1.29, 1.82) is 0 Å². The molecule has 13 heavy (non-hydrogen) atoms. The normalized spacial score (nSPS) is 9.69. The standard InChI is InChI=1S/C9H10INO2/c1-13-11-9(12)6-7-4-2-3-5-8(7)10/h2-5H,6H2,1H3,(H,11,12). The van der Waals surface area contributed by atoms with Crippen LogP contribution in [-0.2, 0) is 16.1 Å². The monoisotopic (exact) mass is 291 g/mol. The van der Waals surface area contributed by atoms with Crippen molar-refractivity contribution in [2.24, 2.45) is 0 Å². The van der Waals surface area contributed by atoms with Crippen molar-refractivity contribution in [3.8, 4) is 0 Å². The van der Waals surface area contributed by atoms with Gasteiger partial charge in [0.05, 0.1) is 13.5 Å². The lowest BCUT2D eigenvalue weighted by Gasteiger charge is -2.03. The fourth-order valence-electron chi connectivity index (χ4n) is 0.965. The van der Waals surface area contributed by atoms with E-state index in [-0.39, 0.29) is 5.91 Å². The van der Waals surface area contributed by atoms with E-state index >= 15 is 0 Å². The first-order chi connectivity index (χ1) is 6.24. The molecule has 0 fully saturated rings. The summed E-state index contributed by atoms with van der Waals surface area (Å²) in [4.78, 5) is 15.6. The van der Waals surface area contributed by atoms with E-state index in [9.17, 15) is 4.79 Å². The molecule has 1 amide bonds. The van der Waals surface area contributed by atoms with Crippen LogP contribution in [0.3, 0.4) is 0 Å². The van der Waals surface area contributed by atoms with E-state index < -0.39 is 0 Å². The SMILES string of the molecule is CONC(=O)Cc1ccccc1I. The Morgan fingerprint density at radius 3 is 2.85 bits per heavy atom. The summed E-state index contributed by atoms with van der Waals surface area (Å²) >= 11 is 2.20. The van der Waals surface area contributed by atoms with Crippen molar-refractivity contribution in [3.05, 3.63) is 33.4 Å². The molecule has 0 saturated heterocycles. The first-order valence-electron chi connectivity index (χ1n) is 3.79. The van der Waals surface area contributed by atoms with E-state index in [1.807, 2.05) is 24.3 Å². The largest absolute Gasteiger partial charge is 0.277 e. The zero-order chi connectivity index (χ0) is 9.68. The third-order valence-corrected chi connectivity index (χ3v) is 2.58. The topological polar surface area (TPSA) is 38.3 Å². The van der Waals surface area contributed by atoms with Gasteiger partial charge in [-0.25, -0.2) is 5.48 Å². The van der Waals surface area contributed by atoms with Gasteiger partial charge in [0.15, 0.2) is 0 Å². The first-order valence-corrected chi connectivity index (χ1v) is 4.87. The summed E-state index contributed by atoms with van der Waals surface area (Å²) in [6.07, 6.45) is 0.354. The zero-order valence-electron chi connectivity index (χ0n) is 7.21. The van der Waals surface area contributed by atoms with Gasteiger partial charge in [0.25, 0.3) is 0 Å². The van der Waals surface area contributed by atoms with Crippen LogP contribution in [-0.4, -0.2) is 13.0 Å². The van der Waals surface area contributed by atoms with Crippen molar-refractivity contribution in [2.45, 2.75) is 6.42 Å². The van der Waals surface area contributed by atoms with Crippen LogP contribution in [0.15, 0.2) is 24.3 Å². The molecule has 1 aromatic carbocycles. The first kappa shape index (κ1) is 10.5. The van der Waals surface area contributed by atoms with Crippen molar-refractivity contribution in [3.63, 3.8) is 0 Å². The van der Waals surface area contributed by atoms with E-state index in [1.54, 1.807) is 0 Å². The van der Waals surface area contributed by atoms with Gasteiger partial charge in [0.2, 0.25) is 5.91 Å². The number of carbonyl (C=O) groups is 1. The van der Waals surface area contributed by atoms with Gasteiger partial charge >= 0.3 is 0 Å². The number of hydroxylamine groups is 1. The van der Waals surface area contributed by atoms with Crippen molar-refractivity contribution >= 4 is 28.5 Å². The minimum Gasteiger partial charge on any atom is -0.277 e. The predicted molar refractivity (Wildman–Crippen MR) is 58.0 cm³/mol. The van der Waals surface area contributed by atoms with E-state index in [0.717, 1.165) is 9.13 Å². The quantitative estimate of drug-likeness (QED) is 0.677. The molecule has 0 aliphatic rings. The van der Waals surface area contributed by atoms with E-state index in [0.29, 0.717) is 6.42 Å². The summed E-state index contributed by atoms with van der Waals surface area (Å²) < 4.78 is 1.09. The van der Waals surface area contributed by atoms with Crippen molar-refractivity contribution < 1.29 is 9.63 Å². The van der Waals surface area contributed by atoms with Crippen molar-refractivity contribution in [1.82, 2.24) is 5.48 Å². The highest BCUT2D eigenvalue weighted by Gasteiger charge is 2.04. The molecule has 0 spiro atoms. The Labute approximate surface area is 90.6 Å². The van der Waals surface area contributed by atoms with E-state index in [1.165, 1.54) is 7.11 Å². The lowest BCUT2D eigenvalue weighted by molar-refractivity contribution is -0.130. The maximum atomic E-state index is 11.1. The third kappa shape index (κ3) is 3.31. The van der Waals surface area contributed by atoms with E-state index in [4.69, 9.17) is 0 Å². The summed E-state index contributed by atoms with van der Waals surface area (Å²) in [7, 11) is 1.42. The number of hydrogen-bond acceptors (Lipinski definition) is 2. The molecule has 0 aliphatic heterocycles. The van der Waals surface area contributed by atoms with Gasteiger partial charge in [-0.15, -0.1) is 0 Å². The maximum Gasteiger partial charge on any atom is 0.247 e. The number of nitrogens with one attached hydrogen (secondary N) is 1. The molecule has 0 heterocycles. The average molecular weight is 291 g/mol. The van der Waals surface area contributed by atoms with Crippen LogP contribution < -0.4 is 5.48 Å². The molecule has 0 saturated carbocycles. The molecule has 0 bridgehead atoms. The van der Waals surface area contributed by atoms with Gasteiger partial charge in [-0.3, -0.25) is 9.63 Å². The molecule has 3 nitrogen and oxygen atoms in total. The van der Waals surface area contributed by atoms with Crippen LogP contribution in [0.25, 0.3) is 0 Å². The Morgan fingerprint density at radius 2 is 2.23 bits per heavy atom. The maximum absolute atomic E-state index is 11.1. The lowest BCUT2D eigenvalue weighted by atomic mass is 10.1. The summed E-state index contributed by atoms with van der Waals surface area (Å²) in [6.45, 7) is 0. The van der Waals surface area contributed by atoms with Gasteiger partial charge in [0, 0.05) is 3.57 Å². The second-order valence-electron chi connectivity index (χ2n) is 2.50. The molecule has 0 atom stereocenters. The predicted octanol–water partition coefficient (Wildman–Crippen LogP) is 1.51. The van der Waals surface area contributed by atoms with Crippen LogP contribution in [0.5, 0.6) is 0 Å². The molecule has 1 rings (SSSR count). The fourth-order valence-corrected chi connectivity index (χ4v) is 1.54. The molecule has 1 N–H and O–H groups in total. The van der Waals surface area contributed by atoms with E-state index in [2.05, 4.69) is 32.9 Å². The smallest absolute Gasteiger partial charge is 0.247 e. The molecule has 0 aromatic heterocycles. The minimum absolute atomic E-state index is 0.133. The third-order valence-electron chi connectivity index (χ3n) is 1.52. The van der Waals surface area contributed by atoms with Crippen molar-refractivity contribution in [2.75, 3.05) is 7.11 Å². The average Bonchev–Trinajstić information content (AvgIpc) is 2.09. The molecule has 1 aromatic rings. The Balaban J connectivity index is 2.63. The summed E-state index contributed by atoms with van der Waals surface area (Å²) in [6, 6.07) is 7.75. The highest BCUT2D eigenvalue weighted by Crippen LogP contribution is 2.11. The van der Waals surface area contributed by atoms with Crippen LogP contribution in [0.4, 0.5) is 0 Å². The highest BCUT2D eigenvalue weighted by atomic mass is 127. The molecule has 0 aliphatic carbocycles. The number of amides is 1. The number of rotatable bonds is 3. The van der Waals surface area contributed by atoms with Gasteiger partial charge < -0.3 is 0 Å². The lowest BCUT2D eigenvalue weighted by Crippen LogP contribution is -2.23. The number of halogens is 1. The Kier molecular flexibility index (Phi) is 4.17. The Morgan fingerprint density at radius 1 is 1.54 bits per heavy atom. The second kappa shape index (κ2) is 5.18. The summed E-state index contributed by atoms with van der Waals surface area (Å²) in [5.74, 6) is -0.133. The Bertz CT molecular complexity index is 301. The second-order valence-corrected chi connectivity index (χ2v) is 3.66. The minimum atomic E-state index is -0.133. The van der Waals surface area contributed by atoms with Gasteiger partial charge in [-0.1, -0.05) is 18.2 Å². The number of hydrogen-bond donors (Lipinski definition) is 1. The summed E-state index contributed by atoms with van der Waals surface area (Å²) in [5, 5.41) is 0. The summed E-state index contributed by atoms with van der Waals surface area (Å²) in [5.41, 5.74) is 3.29. The van der Waals surface area contributed by atoms with Gasteiger partial charge in [-0.2, -0.15) is 0 Å². The molecule has 0 unspecified atom stereocenters. The number of carbonyl (C=O) groups excluding carboxylic acids is 1. The van der Waals surface area contributed by atoms with Crippen LogP contribution in [0.2, 0.25) is 0 Å². The fraction of sp³-hybridized carbons (Fsp3) is 0.222. The Hall–Kier alpha value is -0.620. The molecule has 0 radical (unpaired) electrons. The van der Waals surface area contributed by atoms with Gasteiger partial charge in [0.1, 0.15) is 0 Å². The number of benzene rings is 1. The molecular formula is C9H10INO2.